The topological polar surface area (TPSA) is 50.2 Å². The molecule has 2 aromatic rings. The van der Waals surface area contributed by atoms with Gasteiger partial charge in [0.15, 0.2) is 0 Å². The first kappa shape index (κ1) is 12.1. The number of hydrogen-bond acceptors (Lipinski definition) is 4. The van der Waals surface area contributed by atoms with Crippen molar-refractivity contribution in [3.63, 3.8) is 0 Å². The molecule has 0 spiro atoms. The number of thioether (sulfide) groups is 1. The van der Waals surface area contributed by atoms with Crippen molar-refractivity contribution in [3.8, 4) is 0 Å². The Morgan fingerprint density at radius 2 is 2.35 bits per heavy atom. The molecule has 0 saturated carbocycles. The van der Waals surface area contributed by atoms with Crippen LogP contribution in [0.3, 0.4) is 0 Å². The number of halogens is 1. The molecule has 0 unspecified atom stereocenters. The zero-order valence-electron chi connectivity index (χ0n) is 8.59. The van der Waals surface area contributed by atoms with Gasteiger partial charge >= 0.3 is 5.97 Å². The fraction of sp³-hybridized carbons (Fsp3) is 0.0909. The van der Waals surface area contributed by atoms with Crippen LogP contribution in [0.4, 0.5) is 4.39 Å². The van der Waals surface area contributed by atoms with E-state index in [1.807, 2.05) is 5.38 Å². The summed E-state index contributed by atoms with van der Waals surface area (Å²) < 4.78 is 13.4. The molecule has 1 heterocycles. The van der Waals surface area contributed by atoms with E-state index in [0.717, 1.165) is 5.69 Å². The van der Waals surface area contributed by atoms with Crippen LogP contribution in [0.25, 0.3) is 0 Å². The second kappa shape index (κ2) is 5.29. The standard InChI is InChI=1S/C11H8FNO2S2/c12-9-2-1-7(11(14)15)3-10(9)17-5-8-4-16-6-13-8/h1-4,6H,5H2,(H,14,15). The van der Waals surface area contributed by atoms with Crippen LogP contribution < -0.4 is 0 Å². The number of nitrogens with zero attached hydrogens (tertiary/aromatic N) is 1. The SMILES string of the molecule is O=C(O)c1ccc(F)c(SCc2cscn2)c1. The van der Waals surface area contributed by atoms with Crippen molar-refractivity contribution >= 4 is 29.1 Å². The summed E-state index contributed by atoms with van der Waals surface area (Å²) in [7, 11) is 0. The lowest BCUT2D eigenvalue weighted by Crippen LogP contribution is -1.97. The molecule has 0 amide bonds. The van der Waals surface area contributed by atoms with Crippen molar-refractivity contribution in [2.24, 2.45) is 0 Å². The number of thiazole rings is 1. The number of benzene rings is 1. The summed E-state index contributed by atoms with van der Waals surface area (Å²) in [4.78, 5) is 15.2. The van der Waals surface area contributed by atoms with Crippen LogP contribution in [0.15, 0.2) is 34.0 Å². The molecule has 0 atom stereocenters. The number of hydrogen-bond donors (Lipinski definition) is 1. The minimum Gasteiger partial charge on any atom is -0.478 e. The Bertz CT molecular complexity index is 528. The van der Waals surface area contributed by atoms with E-state index < -0.39 is 11.8 Å². The second-order valence-electron chi connectivity index (χ2n) is 3.22. The largest absolute Gasteiger partial charge is 0.478 e. The Labute approximate surface area is 105 Å². The molecule has 1 aromatic carbocycles. The highest BCUT2D eigenvalue weighted by atomic mass is 32.2. The highest BCUT2D eigenvalue weighted by molar-refractivity contribution is 7.98. The van der Waals surface area contributed by atoms with Gasteiger partial charge in [-0.1, -0.05) is 0 Å². The smallest absolute Gasteiger partial charge is 0.335 e. The second-order valence-corrected chi connectivity index (χ2v) is 4.95. The molecule has 2 rings (SSSR count). The van der Waals surface area contributed by atoms with Crippen LogP contribution in [-0.2, 0) is 5.75 Å². The lowest BCUT2D eigenvalue weighted by molar-refractivity contribution is 0.0696. The fourth-order valence-corrected chi connectivity index (χ4v) is 2.75. The van der Waals surface area contributed by atoms with Gasteiger partial charge in [-0.25, -0.2) is 14.2 Å². The molecule has 0 bridgehead atoms. The molecule has 0 aliphatic heterocycles. The van der Waals surface area contributed by atoms with Gasteiger partial charge in [-0.2, -0.15) is 0 Å². The normalized spacial score (nSPS) is 10.4. The van der Waals surface area contributed by atoms with Crippen molar-refractivity contribution in [3.05, 3.63) is 46.2 Å². The van der Waals surface area contributed by atoms with Gasteiger partial charge in [-0.15, -0.1) is 23.1 Å². The maximum atomic E-state index is 13.4. The van der Waals surface area contributed by atoms with Gasteiger partial charge in [0.2, 0.25) is 0 Å². The summed E-state index contributed by atoms with van der Waals surface area (Å²) in [5.74, 6) is -0.931. The lowest BCUT2D eigenvalue weighted by atomic mass is 10.2. The zero-order valence-corrected chi connectivity index (χ0v) is 10.2. The molecular weight excluding hydrogens is 261 g/mol. The Hall–Kier alpha value is -1.40. The first-order valence-electron chi connectivity index (χ1n) is 4.69. The zero-order chi connectivity index (χ0) is 12.3. The number of aromatic carboxylic acids is 1. The van der Waals surface area contributed by atoms with Gasteiger partial charge < -0.3 is 5.11 Å². The molecule has 0 fully saturated rings. The van der Waals surface area contributed by atoms with Crippen molar-refractivity contribution in [2.45, 2.75) is 10.6 Å². The molecule has 1 N–H and O–H groups in total. The Kier molecular flexibility index (Phi) is 3.75. The van der Waals surface area contributed by atoms with E-state index in [0.29, 0.717) is 10.6 Å². The first-order valence-corrected chi connectivity index (χ1v) is 6.62. The summed E-state index contributed by atoms with van der Waals surface area (Å²) in [6, 6.07) is 3.77. The Morgan fingerprint density at radius 3 is 3.00 bits per heavy atom. The van der Waals surface area contributed by atoms with Crippen LogP contribution in [0, 0.1) is 5.82 Å². The molecule has 0 aliphatic rings. The summed E-state index contributed by atoms with van der Waals surface area (Å²) >= 11 is 2.72. The third-order valence-electron chi connectivity index (χ3n) is 2.04. The van der Waals surface area contributed by atoms with E-state index in [2.05, 4.69) is 4.98 Å². The van der Waals surface area contributed by atoms with Crippen molar-refractivity contribution in [2.75, 3.05) is 0 Å². The number of carboxylic acid groups (broad SMARTS) is 1. The molecular formula is C11H8FNO2S2. The average molecular weight is 269 g/mol. The average Bonchev–Trinajstić information content (AvgIpc) is 2.80. The van der Waals surface area contributed by atoms with E-state index in [1.165, 1.54) is 41.3 Å². The minimum atomic E-state index is -1.06. The maximum Gasteiger partial charge on any atom is 0.335 e. The van der Waals surface area contributed by atoms with Gasteiger partial charge in [0.1, 0.15) is 5.82 Å². The van der Waals surface area contributed by atoms with Crippen LogP contribution in [0.1, 0.15) is 16.1 Å². The molecule has 3 nitrogen and oxygen atoms in total. The van der Waals surface area contributed by atoms with E-state index in [9.17, 15) is 9.18 Å². The number of rotatable bonds is 4. The van der Waals surface area contributed by atoms with Crippen molar-refractivity contribution in [1.82, 2.24) is 4.98 Å². The van der Waals surface area contributed by atoms with Crippen LogP contribution in [-0.4, -0.2) is 16.1 Å². The molecule has 88 valence electrons. The lowest BCUT2D eigenvalue weighted by Gasteiger charge is -2.03. The highest BCUT2D eigenvalue weighted by Crippen LogP contribution is 2.26. The van der Waals surface area contributed by atoms with Crippen molar-refractivity contribution in [1.29, 1.82) is 0 Å². The molecule has 17 heavy (non-hydrogen) atoms. The van der Waals surface area contributed by atoms with Gasteiger partial charge in [0.05, 0.1) is 16.8 Å². The van der Waals surface area contributed by atoms with Gasteiger partial charge in [-0.05, 0) is 18.2 Å². The summed E-state index contributed by atoms with van der Waals surface area (Å²) in [5.41, 5.74) is 2.66. The Morgan fingerprint density at radius 1 is 1.53 bits per heavy atom. The summed E-state index contributed by atoms with van der Waals surface area (Å²) in [6.07, 6.45) is 0. The third-order valence-corrected chi connectivity index (χ3v) is 3.74. The third kappa shape index (κ3) is 3.04. The number of carboxylic acids is 1. The van der Waals surface area contributed by atoms with E-state index in [-0.39, 0.29) is 5.56 Å². The van der Waals surface area contributed by atoms with Gasteiger partial charge in [0, 0.05) is 16.0 Å². The van der Waals surface area contributed by atoms with Gasteiger partial charge in [-0.3, -0.25) is 0 Å². The van der Waals surface area contributed by atoms with Crippen LogP contribution >= 0.6 is 23.1 Å². The monoisotopic (exact) mass is 269 g/mol. The van der Waals surface area contributed by atoms with E-state index in [4.69, 9.17) is 5.11 Å². The summed E-state index contributed by atoms with van der Waals surface area (Å²) in [5, 5.41) is 10.7. The first-order chi connectivity index (χ1) is 8.16. The molecule has 0 radical (unpaired) electrons. The van der Waals surface area contributed by atoms with E-state index in [1.54, 1.807) is 5.51 Å². The minimum absolute atomic E-state index is 0.0900. The van der Waals surface area contributed by atoms with Crippen LogP contribution in [0.2, 0.25) is 0 Å². The highest BCUT2D eigenvalue weighted by Gasteiger charge is 2.09. The molecule has 1 aromatic heterocycles. The molecule has 0 aliphatic carbocycles. The fourth-order valence-electron chi connectivity index (χ4n) is 1.21. The maximum absolute atomic E-state index is 13.4. The van der Waals surface area contributed by atoms with Crippen LogP contribution in [0.5, 0.6) is 0 Å². The predicted octanol–water partition coefficient (Wildman–Crippen LogP) is 3.27. The van der Waals surface area contributed by atoms with Crippen molar-refractivity contribution < 1.29 is 14.3 Å². The summed E-state index contributed by atoms with van der Waals surface area (Å²) in [6.45, 7) is 0. The van der Waals surface area contributed by atoms with E-state index >= 15 is 0 Å². The number of aromatic nitrogens is 1. The Balaban J connectivity index is 2.14. The molecule has 6 heteroatoms. The van der Waals surface area contributed by atoms with Gasteiger partial charge in [0.25, 0.3) is 0 Å². The molecule has 0 saturated heterocycles. The number of carbonyl (C=O) groups is 1. The quantitative estimate of drug-likeness (QED) is 0.865. The predicted molar refractivity (Wildman–Crippen MR) is 65.0 cm³/mol.